The number of nitrogens with one attached hydrogen (secondary N) is 2. The monoisotopic (exact) mass is 390 g/mol. The molecular formula is C19H26N4O3S. The lowest BCUT2D eigenvalue weighted by Crippen LogP contribution is -2.44. The zero-order chi connectivity index (χ0) is 19.0. The molecule has 1 aromatic heterocycles. The number of hydrogen-bond donors (Lipinski definition) is 2. The Bertz CT molecular complexity index is 769. The Morgan fingerprint density at radius 2 is 2.15 bits per heavy atom. The molecule has 0 bridgehead atoms. The quantitative estimate of drug-likeness (QED) is 0.756. The molecule has 2 N–H and O–H groups in total. The standard InChI is InChI=1S/C19H26N4O3S/c1-12-6-7-13-14(11-12)27-17(20-13)21-15(24)5-4-10-23-16(25)19(22-18(23)26)8-2-3-9-19/h12H,2-11H2,1H3,(H,22,26)(H,20,21,24)/t12-/m0/s1. The van der Waals surface area contributed by atoms with Gasteiger partial charge < -0.3 is 10.6 Å². The zero-order valence-corrected chi connectivity index (χ0v) is 16.5. The largest absolute Gasteiger partial charge is 0.325 e. The van der Waals surface area contributed by atoms with Gasteiger partial charge in [0.05, 0.1) is 5.69 Å². The number of anilines is 1. The van der Waals surface area contributed by atoms with Crippen LogP contribution in [-0.4, -0.2) is 39.8 Å². The molecule has 146 valence electrons. The molecule has 1 saturated carbocycles. The summed E-state index contributed by atoms with van der Waals surface area (Å²) in [5.41, 5.74) is 0.450. The number of fused-ring (bicyclic) bond motifs is 1. The Morgan fingerprint density at radius 3 is 2.93 bits per heavy atom. The number of hydrogen-bond acceptors (Lipinski definition) is 5. The van der Waals surface area contributed by atoms with Crippen LogP contribution >= 0.6 is 11.3 Å². The molecule has 2 aliphatic carbocycles. The van der Waals surface area contributed by atoms with Crippen molar-refractivity contribution in [1.82, 2.24) is 15.2 Å². The second-order valence-corrected chi connectivity index (χ2v) is 9.15. The molecule has 2 heterocycles. The Morgan fingerprint density at radius 1 is 1.37 bits per heavy atom. The summed E-state index contributed by atoms with van der Waals surface area (Å²) in [6.45, 7) is 2.53. The third-order valence-electron chi connectivity index (χ3n) is 5.92. The van der Waals surface area contributed by atoms with Gasteiger partial charge in [0.15, 0.2) is 5.13 Å². The molecule has 0 aromatic carbocycles. The number of rotatable bonds is 5. The van der Waals surface area contributed by atoms with Gasteiger partial charge in [0, 0.05) is 17.8 Å². The molecule has 4 amide bonds. The van der Waals surface area contributed by atoms with Crippen LogP contribution in [0.15, 0.2) is 0 Å². The van der Waals surface area contributed by atoms with Crippen molar-refractivity contribution in [2.45, 2.75) is 70.3 Å². The van der Waals surface area contributed by atoms with Crippen molar-refractivity contribution < 1.29 is 14.4 Å². The molecule has 1 spiro atoms. The third-order valence-corrected chi connectivity index (χ3v) is 6.96. The first-order chi connectivity index (χ1) is 13.0. The highest BCUT2D eigenvalue weighted by Crippen LogP contribution is 2.35. The fourth-order valence-corrected chi connectivity index (χ4v) is 5.56. The van der Waals surface area contributed by atoms with Crippen LogP contribution in [0, 0.1) is 5.92 Å². The minimum Gasteiger partial charge on any atom is -0.323 e. The molecule has 1 atom stereocenters. The first-order valence-electron chi connectivity index (χ1n) is 9.89. The van der Waals surface area contributed by atoms with E-state index in [0.29, 0.717) is 17.5 Å². The minimum atomic E-state index is -0.670. The highest BCUT2D eigenvalue weighted by molar-refractivity contribution is 7.15. The van der Waals surface area contributed by atoms with Crippen molar-refractivity contribution in [2.75, 3.05) is 11.9 Å². The maximum Gasteiger partial charge on any atom is 0.325 e. The summed E-state index contributed by atoms with van der Waals surface area (Å²) in [7, 11) is 0. The number of carbonyl (C=O) groups is 3. The number of thiazole rings is 1. The van der Waals surface area contributed by atoms with E-state index in [-0.39, 0.29) is 30.8 Å². The van der Waals surface area contributed by atoms with Gasteiger partial charge in [-0.2, -0.15) is 0 Å². The number of aromatic nitrogens is 1. The Labute approximate surface area is 162 Å². The molecule has 27 heavy (non-hydrogen) atoms. The first kappa shape index (κ1) is 18.4. The maximum absolute atomic E-state index is 12.6. The number of nitrogens with zero attached hydrogens (tertiary/aromatic N) is 2. The van der Waals surface area contributed by atoms with Crippen LogP contribution in [0.25, 0.3) is 0 Å². The fourth-order valence-electron chi connectivity index (χ4n) is 4.37. The maximum atomic E-state index is 12.6. The SMILES string of the molecule is C[C@H]1CCc2nc(NC(=O)CCCN3C(=O)NC4(CCCC4)C3=O)sc2C1. The van der Waals surface area contributed by atoms with Gasteiger partial charge >= 0.3 is 6.03 Å². The predicted molar refractivity (Wildman–Crippen MR) is 103 cm³/mol. The number of aryl methyl sites for hydroxylation is 1. The van der Waals surface area contributed by atoms with Crippen LogP contribution in [0.4, 0.5) is 9.93 Å². The Balaban J connectivity index is 1.26. The number of urea groups is 1. The Kier molecular flexibility index (Phi) is 4.92. The van der Waals surface area contributed by atoms with E-state index < -0.39 is 5.54 Å². The molecule has 8 heteroatoms. The van der Waals surface area contributed by atoms with E-state index in [1.807, 2.05) is 0 Å². The fraction of sp³-hybridized carbons (Fsp3) is 0.684. The molecule has 0 unspecified atom stereocenters. The van der Waals surface area contributed by atoms with Gasteiger partial charge in [-0.3, -0.25) is 14.5 Å². The highest BCUT2D eigenvalue weighted by atomic mass is 32.1. The van der Waals surface area contributed by atoms with Gasteiger partial charge in [-0.05, 0) is 44.4 Å². The summed E-state index contributed by atoms with van der Waals surface area (Å²) in [5.74, 6) is 0.442. The van der Waals surface area contributed by atoms with Crippen molar-refractivity contribution in [3.05, 3.63) is 10.6 Å². The van der Waals surface area contributed by atoms with Crippen molar-refractivity contribution in [1.29, 1.82) is 0 Å². The first-order valence-corrected chi connectivity index (χ1v) is 10.7. The van der Waals surface area contributed by atoms with E-state index in [1.165, 1.54) is 9.78 Å². The molecule has 0 radical (unpaired) electrons. The molecular weight excluding hydrogens is 364 g/mol. The van der Waals surface area contributed by atoms with E-state index in [2.05, 4.69) is 22.5 Å². The predicted octanol–water partition coefficient (Wildman–Crippen LogP) is 2.85. The van der Waals surface area contributed by atoms with E-state index in [0.717, 1.165) is 50.6 Å². The molecule has 4 rings (SSSR count). The molecule has 2 fully saturated rings. The summed E-state index contributed by atoms with van der Waals surface area (Å²) in [4.78, 5) is 44.0. The lowest BCUT2D eigenvalue weighted by atomic mass is 9.93. The van der Waals surface area contributed by atoms with Crippen LogP contribution in [0.1, 0.15) is 62.4 Å². The highest BCUT2D eigenvalue weighted by Gasteiger charge is 2.52. The molecule has 7 nitrogen and oxygen atoms in total. The van der Waals surface area contributed by atoms with Crippen LogP contribution in [0.3, 0.4) is 0 Å². The summed E-state index contributed by atoms with van der Waals surface area (Å²) < 4.78 is 0. The van der Waals surface area contributed by atoms with Crippen LogP contribution in [-0.2, 0) is 22.4 Å². The molecule has 1 saturated heterocycles. The number of carbonyl (C=O) groups excluding carboxylic acids is 3. The van der Waals surface area contributed by atoms with Crippen molar-refractivity contribution in [3.63, 3.8) is 0 Å². The van der Waals surface area contributed by atoms with E-state index in [9.17, 15) is 14.4 Å². The second kappa shape index (κ2) is 7.22. The van der Waals surface area contributed by atoms with Crippen molar-refractivity contribution >= 4 is 34.3 Å². The van der Waals surface area contributed by atoms with Crippen LogP contribution in [0.5, 0.6) is 0 Å². The van der Waals surface area contributed by atoms with Gasteiger partial charge in [0.2, 0.25) is 5.91 Å². The Hall–Kier alpha value is -1.96. The molecule has 1 aliphatic heterocycles. The lowest BCUT2D eigenvalue weighted by Gasteiger charge is -2.19. The average Bonchev–Trinajstić information content (AvgIpc) is 3.29. The summed E-state index contributed by atoms with van der Waals surface area (Å²) in [6.07, 6.45) is 7.29. The van der Waals surface area contributed by atoms with Crippen LogP contribution in [0.2, 0.25) is 0 Å². The van der Waals surface area contributed by atoms with Gasteiger partial charge in [0.1, 0.15) is 5.54 Å². The van der Waals surface area contributed by atoms with E-state index in [4.69, 9.17) is 0 Å². The second-order valence-electron chi connectivity index (χ2n) is 8.06. The van der Waals surface area contributed by atoms with E-state index >= 15 is 0 Å². The van der Waals surface area contributed by atoms with Crippen LogP contribution < -0.4 is 10.6 Å². The lowest BCUT2D eigenvalue weighted by molar-refractivity contribution is -0.131. The smallest absolute Gasteiger partial charge is 0.323 e. The molecule has 3 aliphatic rings. The molecule has 1 aromatic rings. The van der Waals surface area contributed by atoms with Crippen molar-refractivity contribution in [2.24, 2.45) is 5.92 Å². The number of imide groups is 1. The summed E-state index contributed by atoms with van der Waals surface area (Å²) in [6, 6.07) is -0.316. The average molecular weight is 391 g/mol. The van der Waals surface area contributed by atoms with Gasteiger partial charge in [-0.1, -0.05) is 19.8 Å². The van der Waals surface area contributed by atoms with Gasteiger partial charge in [-0.25, -0.2) is 9.78 Å². The zero-order valence-electron chi connectivity index (χ0n) is 15.7. The van der Waals surface area contributed by atoms with Crippen molar-refractivity contribution in [3.8, 4) is 0 Å². The number of amides is 4. The summed E-state index contributed by atoms with van der Waals surface area (Å²) >= 11 is 1.57. The topological polar surface area (TPSA) is 91.4 Å². The van der Waals surface area contributed by atoms with E-state index in [1.54, 1.807) is 11.3 Å². The normalized spacial score (nSPS) is 23.6. The van der Waals surface area contributed by atoms with Gasteiger partial charge in [0.25, 0.3) is 5.91 Å². The minimum absolute atomic E-state index is 0.114. The third kappa shape index (κ3) is 3.59. The summed E-state index contributed by atoms with van der Waals surface area (Å²) in [5, 5.41) is 6.41. The van der Waals surface area contributed by atoms with Gasteiger partial charge in [-0.15, -0.1) is 11.3 Å².